The van der Waals surface area contributed by atoms with Gasteiger partial charge in [-0.15, -0.1) is 5.10 Å². The van der Waals surface area contributed by atoms with E-state index in [1.807, 2.05) is 10.9 Å². The van der Waals surface area contributed by atoms with Crippen molar-refractivity contribution in [1.82, 2.24) is 20.3 Å². The summed E-state index contributed by atoms with van der Waals surface area (Å²) in [5.74, 6) is 0. The Balaban J connectivity index is 1.42. The van der Waals surface area contributed by atoms with E-state index in [9.17, 15) is 0 Å². The molecular weight excluding hydrogens is 262 g/mol. The highest BCUT2D eigenvalue weighted by atomic mass is 15.4. The summed E-state index contributed by atoms with van der Waals surface area (Å²) in [6.45, 7) is 6.26. The van der Waals surface area contributed by atoms with Crippen LogP contribution in [0.1, 0.15) is 18.4 Å². The van der Waals surface area contributed by atoms with E-state index in [-0.39, 0.29) is 0 Å². The number of anilines is 1. The Kier molecular flexibility index (Phi) is 4.50. The number of piperidine rings is 1. The number of hydrogen-bond acceptors (Lipinski definition) is 4. The summed E-state index contributed by atoms with van der Waals surface area (Å²) in [6, 6.07) is 9.41. The molecule has 0 bridgehead atoms. The molecule has 1 fully saturated rings. The second-order valence-electron chi connectivity index (χ2n) is 5.72. The molecule has 1 N–H and O–H groups in total. The van der Waals surface area contributed by atoms with Crippen LogP contribution in [-0.2, 0) is 6.54 Å². The number of benzene rings is 1. The average molecular weight is 285 g/mol. The predicted molar refractivity (Wildman–Crippen MR) is 84.4 cm³/mol. The third kappa shape index (κ3) is 3.82. The third-order valence-electron chi connectivity index (χ3n) is 4.11. The maximum atomic E-state index is 3.98. The molecule has 1 aromatic heterocycles. The lowest BCUT2D eigenvalue weighted by Gasteiger charge is -2.34. The lowest BCUT2D eigenvalue weighted by Crippen LogP contribution is -2.43. The molecule has 1 aliphatic heterocycles. The highest BCUT2D eigenvalue weighted by molar-refractivity contribution is 5.48. The molecule has 2 heterocycles. The van der Waals surface area contributed by atoms with Crippen molar-refractivity contribution < 1.29 is 0 Å². The molecule has 0 radical (unpaired) electrons. The van der Waals surface area contributed by atoms with Crippen molar-refractivity contribution in [1.29, 1.82) is 0 Å². The molecule has 1 saturated heterocycles. The van der Waals surface area contributed by atoms with Crippen LogP contribution in [-0.4, -0.2) is 40.7 Å². The first kappa shape index (κ1) is 14.1. The zero-order valence-corrected chi connectivity index (χ0v) is 12.6. The monoisotopic (exact) mass is 285 g/mol. The van der Waals surface area contributed by atoms with Crippen LogP contribution in [0.5, 0.6) is 0 Å². The van der Waals surface area contributed by atoms with Crippen molar-refractivity contribution >= 4 is 5.69 Å². The van der Waals surface area contributed by atoms with Crippen LogP contribution >= 0.6 is 0 Å². The number of rotatable bonds is 5. The first-order valence-corrected chi connectivity index (χ1v) is 7.70. The molecule has 1 aromatic carbocycles. The van der Waals surface area contributed by atoms with Gasteiger partial charge in [0.05, 0.1) is 12.7 Å². The van der Waals surface area contributed by atoms with Crippen LogP contribution < -0.4 is 10.2 Å². The summed E-state index contributed by atoms with van der Waals surface area (Å²) in [7, 11) is 0. The highest BCUT2D eigenvalue weighted by Gasteiger charge is 2.18. The summed E-state index contributed by atoms with van der Waals surface area (Å²) >= 11 is 0. The van der Waals surface area contributed by atoms with Gasteiger partial charge in [-0.25, -0.2) is 0 Å². The number of nitrogens with one attached hydrogen (secondary N) is 1. The second-order valence-corrected chi connectivity index (χ2v) is 5.72. The quantitative estimate of drug-likeness (QED) is 0.910. The maximum Gasteiger partial charge on any atom is 0.0692 e. The lowest BCUT2D eigenvalue weighted by molar-refractivity contribution is 0.399. The Bertz CT molecular complexity index is 544. The Morgan fingerprint density at radius 1 is 1.29 bits per heavy atom. The minimum absolute atomic E-state index is 0.620. The SMILES string of the molecule is Cc1cccc(N2CCC(NCCn3ccnn3)CC2)c1. The standard InChI is InChI=1S/C16H23N5/c1-14-3-2-4-16(13-14)20-9-5-15(6-10-20)17-7-11-21-12-8-18-19-21/h2-4,8,12-13,15,17H,5-7,9-11H2,1H3. The van der Waals surface area contributed by atoms with Gasteiger partial charge in [0.25, 0.3) is 0 Å². The molecule has 0 spiro atoms. The fraction of sp³-hybridized carbons (Fsp3) is 0.500. The van der Waals surface area contributed by atoms with E-state index in [1.165, 1.54) is 24.1 Å². The summed E-state index contributed by atoms with van der Waals surface area (Å²) in [4.78, 5) is 2.49. The van der Waals surface area contributed by atoms with Gasteiger partial charge in [-0.2, -0.15) is 0 Å². The van der Waals surface area contributed by atoms with Crippen LogP contribution in [0.2, 0.25) is 0 Å². The van der Waals surface area contributed by atoms with Gasteiger partial charge in [0, 0.05) is 37.6 Å². The van der Waals surface area contributed by atoms with Crippen LogP contribution in [0.4, 0.5) is 5.69 Å². The topological polar surface area (TPSA) is 46.0 Å². The van der Waals surface area contributed by atoms with Crippen molar-refractivity contribution in [2.75, 3.05) is 24.5 Å². The average Bonchev–Trinajstić information content (AvgIpc) is 3.01. The van der Waals surface area contributed by atoms with Crippen molar-refractivity contribution in [3.63, 3.8) is 0 Å². The van der Waals surface area contributed by atoms with Crippen LogP contribution in [0.15, 0.2) is 36.7 Å². The van der Waals surface area contributed by atoms with E-state index in [0.29, 0.717) is 6.04 Å². The summed E-state index contributed by atoms with van der Waals surface area (Å²) in [6.07, 6.45) is 6.03. The lowest BCUT2D eigenvalue weighted by atomic mass is 10.0. The third-order valence-corrected chi connectivity index (χ3v) is 4.11. The van der Waals surface area contributed by atoms with E-state index in [1.54, 1.807) is 6.20 Å². The van der Waals surface area contributed by atoms with Crippen LogP contribution in [0, 0.1) is 6.92 Å². The second kappa shape index (κ2) is 6.72. The van der Waals surface area contributed by atoms with E-state index >= 15 is 0 Å². The smallest absolute Gasteiger partial charge is 0.0692 e. The molecule has 5 nitrogen and oxygen atoms in total. The zero-order chi connectivity index (χ0) is 14.5. The molecule has 0 atom stereocenters. The number of hydrogen-bond donors (Lipinski definition) is 1. The largest absolute Gasteiger partial charge is 0.371 e. The van der Waals surface area contributed by atoms with Crippen LogP contribution in [0.3, 0.4) is 0 Å². The Morgan fingerprint density at radius 2 is 2.14 bits per heavy atom. The van der Waals surface area contributed by atoms with Gasteiger partial charge >= 0.3 is 0 Å². The number of aryl methyl sites for hydroxylation is 1. The normalized spacial score (nSPS) is 16.3. The molecule has 0 saturated carbocycles. The maximum absolute atomic E-state index is 3.98. The molecule has 3 rings (SSSR count). The minimum atomic E-state index is 0.620. The van der Waals surface area contributed by atoms with Crippen molar-refractivity contribution in [2.45, 2.75) is 32.4 Å². The van der Waals surface area contributed by atoms with Crippen LogP contribution in [0.25, 0.3) is 0 Å². The van der Waals surface area contributed by atoms with Crippen molar-refractivity contribution in [2.24, 2.45) is 0 Å². The predicted octanol–water partition coefficient (Wildman–Crippen LogP) is 1.85. The Morgan fingerprint density at radius 3 is 2.86 bits per heavy atom. The number of nitrogens with zero attached hydrogens (tertiary/aromatic N) is 4. The molecule has 0 unspecified atom stereocenters. The first-order chi connectivity index (χ1) is 10.3. The summed E-state index contributed by atoms with van der Waals surface area (Å²) in [5.41, 5.74) is 2.69. The van der Waals surface area contributed by atoms with Gasteiger partial charge in [0.2, 0.25) is 0 Å². The van der Waals surface area contributed by atoms with Gasteiger partial charge in [-0.05, 0) is 37.5 Å². The molecule has 0 aliphatic carbocycles. The zero-order valence-electron chi connectivity index (χ0n) is 12.6. The fourth-order valence-corrected chi connectivity index (χ4v) is 2.90. The number of aromatic nitrogens is 3. The van der Waals surface area contributed by atoms with E-state index < -0.39 is 0 Å². The Hall–Kier alpha value is -1.88. The summed E-state index contributed by atoms with van der Waals surface area (Å²) < 4.78 is 1.87. The molecule has 112 valence electrons. The molecule has 2 aromatic rings. The van der Waals surface area contributed by atoms with Gasteiger partial charge in [0.1, 0.15) is 0 Å². The molecular formula is C16H23N5. The van der Waals surface area contributed by atoms with Gasteiger partial charge < -0.3 is 10.2 Å². The Labute approximate surface area is 126 Å². The molecule has 5 heteroatoms. The summed E-state index contributed by atoms with van der Waals surface area (Å²) in [5, 5.41) is 11.4. The van der Waals surface area contributed by atoms with E-state index in [2.05, 4.69) is 51.7 Å². The van der Waals surface area contributed by atoms with Crippen molar-refractivity contribution in [3.05, 3.63) is 42.2 Å². The fourth-order valence-electron chi connectivity index (χ4n) is 2.90. The molecule has 0 amide bonds. The minimum Gasteiger partial charge on any atom is -0.371 e. The molecule has 1 aliphatic rings. The van der Waals surface area contributed by atoms with E-state index in [0.717, 1.165) is 26.2 Å². The van der Waals surface area contributed by atoms with Crippen molar-refractivity contribution in [3.8, 4) is 0 Å². The van der Waals surface area contributed by atoms with Gasteiger partial charge in [-0.3, -0.25) is 4.68 Å². The van der Waals surface area contributed by atoms with Gasteiger partial charge in [-0.1, -0.05) is 17.3 Å². The van der Waals surface area contributed by atoms with Gasteiger partial charge in [0.15, 0.2) is 0 Å². The van der Waals surface area contributed by atoms with E-state index in [4.69, 9.17) is 0 Å². The highest BCUT2D eigenvalue weighted by Crippen LogP contribution is 2.20. The molecule has 21 heavy (non-hydrogen) atoms. The first-order valence-electron chi connectivity index (χ1n) is 7.70.